The Kier molecular flexibility index (Phi) is 7.54. The molecule has 1 aromatic heterocycles. The zero-order valence-corrected chi connectivity index (χ0v) is 19.8. The van der Waals surface area contributed by atoms with E-state index in [0.717, 1.165) is 0 Å². The maximum Gasteiger partial charge on any atom is 0.295 e. The minimum Gasteiger partial charge on any atom is -0.507 e. The van der Waals surface area contributed by atoms with E-state index in [2.05, 4.69) is 0 Å². The van der Waals surface area contributed by atoms with E-state index in [9.17, 15) is 14.7 Å². The minimum absolute atomic E-state index is 0.0542. The van der Waals surface area contributed by atoms with Crippen LogP contribution in [0.15, 0.2) is 34.3 Å². The van der Waals surface area contributed by atoms with Gasteiger partial charge in [0.15, 0.2) is 5.75 Å². The first-order chi connectivity index (χ1) is 15.1. The van der Waals surface area contributed by atoms with Crippen molar-refractivity contribution in [3.63, 3.8) is 0 Å². The Labute approximate surface area is 196 Å². The molecule has 2 aromatic rings. The third kappa shape index (κ3) is 4.80. The van der Waals surface area contributed by atoms with Gasteiger partial charge < -0.3 is 23.9 Å². The number of likely N-dealkylation sites (tertiary alicyclic amines) is 1. The molecule has 2 heterocycles. The SMILES string of the molecule is COc1c(Cl)cc(/C(O)=C2/C(=O)C(=O)N(CCCOC(C)C)C2c2ccc(C)o2)cc1Cl. The topological polar surface area (TPSA) is 89.2 Å². The van der Waals surface area contributed by atoms with Crippen molar-refractivity contribution in [1.29, 1.82) is 0 Å². The van der Waals surface area contributed by atoms with Gasteiger partial charge in [-0.05, 0) is 51.5 Å². The number of ether oxygens (including phenoxy) is 2. The van der Waals surface area contributed by atoms with E-state index in [1.54, 1.807) is 19.1 Å². The lowest BCUT2D eigenvalue weighted by molar-refractivity contribution is -0.140. The largest absolute Gasteiger partial charge is 0.507 e. The molecule has 9 heteroatoms. The van der Waals surface area contributed by atoms with E-state index in [4.69, 9.17) is 37.1 Å². The molecule has 1 aromatic carbocycles. The summed E-state index contributed by atoms with van der Waals surface area (Å²) in [5.41, 5.74) is 0.0987. The summed E-state index contributed by atoms with van der Waals surface area (Å²) in [7, 11) is 1.42. The Morgan fingerprint density at radius 1 is 1.22 bits per heavy atom. The molecule has 7 nitrogen and oxygen atoms in total. The number of halogens is 2. The van der Waals surface area contributed by atoms with Crippen LogP contribution in [0.4, 0.5) is 0 Å². The number of methoxy groups -OCH3 is 1. The highest BCUT2D eigenvalue weighted by Crippen LogP contribution is 2.42. The van der Waals surface area contributed by atoms with Crippen molar-refractivity contribution in [2.24, 2.45) is 0 Å². The third-order valence-corrected chi connectivity index (χ3v) is 5.60. The Bertz CT molecular complexity index is 1040. The number of hydrogen-bond donors (Lipinski definition) is 1. The highest BCUT2D eigenvalue weighted by molar-refractivity contribution is 6.46. The number of carbonyl (C=O) groups is 2. The number of benzene rings is 1. The van der Waals surface area contributed by atoms with Crippen molar-refractivity contribution in [1.82, 2.24) is 4.90 Å². The monoisotopic (exact) mass is 481 g/mol. The van der Waals surface area contributed by atoms with Crippen LogP contribution < -0.4 is 4.74 Å². The molecule has 32 heavy (non-hydrogen) atoms. The van der Waals surface area contributed by atoms with E-state index in [0.29, 0.717) is 24.5 Å². The second-order valence-corrected chi connectivity index (χ2v) is 8.50. The Morgan fingerprint density at radius 3 is 2.41 bits per heavy atom. The number of aryl methyl sites for hydroxylation is 1. The first-order valence-electron chi connectivity index (χ1n) is 10.2. The number of aliphatic hydroxyl groups is 1. The normalized spacial score (nSPS) is 18.1. The predicted octanol–water partition coefficient (Wildman–Crippen LogP) is 5.14. The molecule has 172 valence electrons. The lowest BCUT2D eigenvalue weighted by Crippen LogP contribution is -2.31. The molecule has 0 aliphatic carbocycles. The van der Waals surface area contributed by atoms with Gasteiger partial charge in [-0.25, -0.2) is 0 Å². The molecule has 1 amide bonds. The highest BCUT2D eigenvalue weighted by atomic mass is 35.5. The molecular weight excluding hydrogens is 457 g/mol. The number of furan rings is 1. The zero-order chi connectivity index (χ0) is 23.6. The summed E-state index contributed by atoms with van der Waals surface area (Å²) in [5.74, 6) is -0.693. The van der Waals surface area contributed by atoms with Crippen LogP contribution in [-0.2, 0) is 14.3 Å². The van der Waals surface area contributed by atoms with Gasteiger partial charge in [0, 0.05) is 18.7 Å². The van der Waals surface area contributed by atoms with Crippen LogP contribution in [0.1, 0.15) is 43.4 Å². The van der Waals surface area contributed by atoms with Crippen LogP contribution in [0.2, 0.25) is 10.0 Å². The van der Waals surface area contributed by atoms with Gasteiger partial charge in [-0.3, -0.25) is 9.59 Å². The summed E-state index contributed by atoms with van der Waals surface area (Å²) < 4.78 is 16.4. The van der Waals surface area contributed by atoms with Gasteiger partial charge in [0.1, 0.15) is 23.3 Å². The molecule has 1 fully saturated rings. The number of hydrogen-bond acceptors (Lipinski definition) is 6. The van der Waals surface area contributed by atoms with Crippen LogP contribution in [-0.4, -0.2) is 48.1 Å². The molecule has 1 saturated heterocycles. The lowest BCUT2D eigenvalue weighted by Gasteiger charge is -2.23. The average molecular weight is 482 g/mol. The molecule has 1 N–H and O–H groups in total. The van der Waals surface area contributed by atoms with Crippen LogP contribution in [0.5, 0.6) is 5.75 Å². The van der Waals surface area contributed by atoms with Crippen molar-refractivity contribution >= 4 is 40.7 Å². The maximum absolute atomic E-state index is 13.0. The van der Waals surface area contributed by atoms with Crippen LogP contribution in [0, 0.1) is 6.92 Å². The summed E-state index contributed by atoms with van der Waals surface area (Å²) in [6.45, 7) is 6.28. The Balaban J connectivity index is 2.06. The maximum atomic E-state index is 13.0. The Morgan fingerprint density at radius 2 is 1.88 bits per heavy atom. The van der Waals surface area contributed by atoms with Crippen LogP contribution in [0.25, 0.3) is 5.76 Å². The first-order valence-corrected chi connectivity index (χ1v) is 10.9. The van der Waals surface area contributed by atoms with Crippen LogP contribution in [0.3, 0.4) is 0 Å². The van der Waals surface area contributed by atoms with Crippen molar-refractivity contribution in [2.75, 3.05) is 20.3 Å². The standard InChI is InChI=1S/C23H25Cl2NO6/c1-12(2)31-9-5-8-26-19(17-7-6-13(3)32-17)18(21(28)23(26)29)20(27)14-10-15(24)22(30-4)16(25)11-14/h6-7,10-12,19,27H,5,8-9H2,1-4H3/b20-18-. The van der Waals surface area contributed by atoms with E-state index < -0.39 is 23.5 Å². The van der Waals surface area contributed by atoms with Gasteiger partial charge in [0.05, 0.1) is 28.8 Å². The molecule has 0 radical (unpaired) electrons. The van der Waals surface area contributed by atoms with Crippen LogP contribution >= 0.6 is 23.2 Å². The van der Waals surface area contributed by atoms with Gasteiger partial charge >= 0.3 is 0 Å². The second-order valence-electron chi connectivity index (χ2n) is 7.69. The Hall–Kier alpha value is -2.48. The predicted molar refractivity (Wildman–Crippen MR) is 121 cm³/mol. The molecule has 0 spiro atoms. The van der Waals surface area contributed by atoms with Gasteiger partial charge in [-0.15, -0.1) is 0 Å². The van der Waals surface area contributed by atoms with E-state index in [1.807, 2.05) is 13.8 Å². The summed E-state index contributed by atoms with van der Waals surface area (Å²) in [6.07, 6.45) is 0.570. The van der Waals surface area contributed by atoms with Crippen molar-refractivity contribution in [2.45, 2.75) is 39.3 Å². The van der Waals surface area contributed by atoms with Crippen molar-refractivity contribution in [3.8, 4) is 5.75 Å². The van der Waals surface area contributed by atoms with E-state index >= 15 is 0 Å². The summed E-state index contributed by atoms with van der Waals surface area (Å²) in [6, 6.07) is 5.39. The molecule has 0 bridgehead atoms. The smallest absolute Gasteiger partial charge is 0.295 e. The first kappa shape index (κ1) is 24.2. The van der Waals surface area contributed by atoms with E-state index in [-0.39, 0.29) is 39.6 Å². The summed E-state index contributed by atoms with van der Waals surface area (Å²) >= 11 is 12.4. The van der Waals surface area contributed by atoms with Gasteiger partial charge in [-0.1, -0.05) is 23.2 Å². The second kappa shape index (κ2) is 9.98. The zero-order valence-electron chi connectivity index (χ0n) is 18.3. The fraction of sp³-hybridized carbons (Fsp3) is 0.391. The van der Waals surface area contributed by atoms with E-state index in [1.165, 1.54) is 24.1 Å². The number of Topliss-reactive ketones (excluding diaryl/α,β-unsaturated/α-hetero) is 1. The number of carbonyl (C=O) groups excluding carboxylic acids is 2. The third-order valence-electron chi connectivity index (χ3n) is 5.04. The number of rotatable bonds is 8. The number of amides is 1. The molecular formula is C23H25Cl2NO6. The van der Waals surface area contributed by atoms with Gasteiger partial charge in [0.2, 0.25) is 0 Å². The molecule has 3 rings (SSSR count). The summed E-state index contributed by atoms with van der Waals surface area (Å²) in [4.78, 5) is 27.3. The van der Waals surface area contributed by atoms with Gasteiger partial charge in [0.25, 0.3) is 11.7 Å². The average Bonchev–Trinajstić information content (AvgIpc) is 3.26. The molecule has 1 atom stereocenters. The highest BCUT2D eigenvalue weighted by Gasteiger charge is 2.47. The fourth-order valence-corrected chi connectivity index (χ4v) is 4.25. The number of ketones is 1. The minimum atomic E-state index is -0.887. The number of nitrogens with zero attached hydrogens (tertiary/aromatic N) is 1. The molecule has 1 aliphatic heterocycles. The summed E-state index contributed by atoms with van der Waals surface area (Å²) in [5, 5.41) is 11.4. The molecule has 0 saturated carbocycles. The molecule has 1 aliphatic rings. The lowest BCUT2D eigenvalue weighted by atomic mass is 9.99. The van der Waals surface area contributed by atoms with Crippen molar-refractivity contribution < 1.29 is 28.6 Å². The van der Waals surface area contributed by atoms with Gasteiger partial charge in [-0.2, -0.15) is 0 Å². The fourth-order valence-electron chi connectivity index (χ4n) is 3.61. The quantitative estimate of drug-likeness (QED) is 0.243. The van der Waals surface area contributed by atoms with Crippen molar-refractivity contribution in [3.05, 3.63) is 57.0 Å². The number of aliphatic hydroxyl groups excluding tert-OH is 1. The molecule has 1 unspecified atom stereocenters.